The third-order valence-electron chi connectivity index (χ3n) is 5.49. The van der Waals surface area contributed by atoms with E-state index in [0.29, 0.717) is 13.0 Å². The summed E-state index contributed by atoms with van der Waals surface area (Å²) in [5.41, 5.74) is -0.903. The number of aliphatic hydroxyl groups excluding tert-OH is 1. The molecule has 4 nitrogen and oxygen atoms in total. The van der Waals surface area contributed by atoms with Crippen LogP contribution < -0.4 is 9.47 Å². The first-order valence-corrected chi connectivity index (χ1v) is 7.40. The first-order valence-electron chi connectivity index (χ1n) is 11.4. The van der Waals surface area contributed by atoms with Crippen LogP contribution in [0.2, 0.25) is 0 Å². The zero-order valence-corrected chi connectivity index (χ0v) is 12.0. The molecule has 2 heterocycles. The second-order valence-corrected chi connectivity index (χ2v) is 6.37. The van der Waals surface area contributed by atoms with Crippen molar-refractivity contribution in [3.8, 4) is 11.5 Å². The van der Waals surface area contributed by atoms with E-state index < -0.39 is 60.8 Å². The Morgan fingerprint density at radius 3 is 3.36 bits per heavy atom. The molecular weight excluding hydrogens is 278 g/mol. The van der Waals surface area contributed by atoms with Crippen molar-refractivity contribution in [1.29, 1.82) is 0 Å². The number of hydrogen-bond donors (Lipinski definition) is 1. The number of hydrogen-bond acceptors (Lipinski definition) is 4. The van der Waals surface area contributed by atoms with E-state index in [4.69, 9.17) is 19.1 Å². The van der Waals surface area contributed by atoms with Crippen LogP contribution in [0.5, 0.6) is 11.5 Å². The van der Waals surface area contributed by atoms with E-state index in [2.05, 4.69) is 0 Å². The van der Waals surface area contributed by atoms with Gasteiger partial charge in [-0.3, -0.25) is 0 Å². The summed E-state index contributed by atoms with van der Waals surface area (Å²) in [5.74, 6) is -1.26. The van der Waals surface area contributed by atoms with Gasteiger partial charge in [0.25, 0.3) is 0 Å². The minimum atomic E-state index is -2.91. The van der Waals surface area contributed by atoms with E-state index in [1.807, 2.05) is 0 Å². The van der Waals surface area contributed by atoms with Gasteiger partial charge in [-0.25, -0.2) is 0 Å². The Kier molecular flexibility index (Phi) is 1.36. The van der Waals surface area contributed by atoms with Gasteiger partial charge in [-0.1, -0.05) is 18.2 Å². The molecule has 1 aromatic carbocycles. The maximum absolute atomic E-state index is 10.7. The number of piperidine rings is 1. The molecule has 2 unspecified atom stereocenters. The molecule has 2 bridgehead atoms. The SMILES string of the molecule is [2H]c1c([2H])c2c3c(c1OC([2H])([2H])[2H])OC1C(O)C=C[C@@H]4[C@@]31CCN(C)[C@]4([2H])C2([2H])[2H]. The van der Waals surface area contributed by atoms with Crippen LogP contribution in [0.4, 0.5) is 0 Å². The van der Waals surface area contributed by atoms with Crippen molar-refractivity contribution in [2.75, 3.05) is 20.6 Å². The van der Waals surface area contributed by atoms with E-state index in [1.165, 1.54) is 6.08 Å². The molecule has 0 radical (unpaired) electrons. The molecule has 4 aliphatic rings. The normalized spacial score (nSPS) is 52.5. The summed E-state index contributed by atoms with van der Waals surface area (Å²) in [6.45, 7) is 0.351. The van der Waals surface area contributed by atoms with Crippen LogP contribution in [-0.4, -0.2) is 48.9 Å². The van der Waals surface area contributed by atoms with Crippen LogP contribution in [-0.2, 0) is 11.8 Å². The Bertz CT molecular complexity index is 995. The lowest BCUT2D eigenvalue weighted by Gasteiger charge is -2.56. The van der Waals surface area contributed by atoms with Crippen molar-refractivity contribution in [2.45, 2.75) is 36.4 Å². The van der Waals surface area contributed by atoms with Crippen LogP contribution in [0.3, 0.4) is 0 Å². The molecule has 5 atom stereocenters. The predicted molar refractivity (Wildman–Crippen MR) is 82.5 cm³/mol. The number of nitrogens with zero attached hydrogens (tertiary/aromatic N) is 1. The maximum atomic E-state index is 10.7. The predicted octanol–water partition coefficient (Wildman–Crippen LogP) is 1.50. The molecule has 2 aliphatic heterocycles. The number of aliphatic hydroxyl groups is 1. The molecule has 5 rings (SSSR count). The van der Waals surface area contributed by atoms with Crippen molar-refractivity contribution in [3.63, 3.8) is 0 Å². The summed E-state index contributed by atoms with van der Waals surface area (Å²) >= 11 is 0. The second-order valence-electron chi connectivity index (χ2n) is 6.37. The zero-order valence-electron chi connectivity index (χ0n) is 20.0. The number of methoxy groups -OCH3 is 1. The van der Waals surface area contributed by atoms with Gasteiger partial charge in [-0.15, -0.1) is 0 Å². The van der Waals surface area contributed by atoms with Gasteiger partial charge in [0.2, 0.25) is 0 Å². The van der Waals surface area contributed by atoms with Crippen molar-refractivity contribution >= 4 is 0 Å². The van der Waals surface area contributed by atoms with Gasteiger partial charge in [0.15, 0.2) is 11.5 Å². The molecule has 116 valence electrons. The molecule has 0 amide bonds. The fourth-order valence-electron chi connectivity index (χ4n) is 4.54. The molecule has 4 heteroatoms. The van der Waals surface area contributed by atoms with Gasteiger partial charge in [-0.2, -0.15) is 0 Å². The Morgan fingerprint density at radius 2 is 2.50 bits per heavy atom. The maximum Gasteiger partial charge on any atom is 0.165 e. The summed E-state index contributed by atoms with van der Waals surface area (Å²) in [5, 5.41) is 10.7. The molecule has 1 N–H and O–H groups in total. The van der Waals surface area contributed by atoms with E-state index in [-0.39, 0.29) is 16.9 Å². The first kappa shape index (κ1) is 7.37. The summed E-state index contributed by atoms with van der Waals surface area (Å²) in [4.78, 5) is 1.61. The smallest absolute Gasteiger partial charge is 0.165 e. The summed E-state index contributed by atoms with van der Waals surface area (Å²) in [7, 11) is -1.25. The fourth-order valence-corrected chi connectivity index (χ4v) is 4.54. The number of likely N-dealkylation sites (N-methyl/N-ethyl adjacent to an activating group) is 1. The van der Waals surface area contributed by atoms with Crippen LogP contribution in [0.1, 0.15) is 28.5 Å². The van der Waals surface area contributed by atoms with Crippen LogP contribution in [0.15, 0.2) is 24.2 Å². The number of likely N-dealkylation sites (tertiary alicyclic amines) is 1. The van der Waals surface area contributed by atoms with Crippen molar-refractivity contribution in [3.05, 3.63) is 35.4 Å². The van der Waals surface area contributed by atoms with Gasteiger partial charge < -0.3 is 19.5 Å². The molecule has 1 fully saturated rings. The van der Waals surface area contributed by atoms with Gasteiger partial charge in [0.1, 0.15) is 12.2 Å². The molecule has 1 spiro atoms. The summed E-state index contributed by atoms with van der Waals surface area (Å²) in [6.07, 6.45) is -0.780. The Labute approximate surface area is 141 Å². The standard InChI is InChI=1S/C18H21NO3/c1-19-8-7-18-11-4-5-13(20)17(18)22-16-14(21-2)6-3-10(15(16)18)9-12(11)19/h3-6,11-13,17,20H,7-9H2,1-2H3/t11-,12+,13?,17?,18-/m0/s1/i2D3,3D,6D,9D2,12D. The van der Waals surface area contributed by atoms with E-state index >= 15 is 0 Å². The van der Waals surface area contributed by atoms with Crippen molar-refractivity contribution < 1.29 is 25.5 Å². The highest BCUT2D eigenvalue weighted by molar-refractivity contribution is 5.62. The quantitative estimate of drug-likeness (QED) is 0.799. The highest BCUT2D eigenvalue weighted by atomic mass is 16.5. The third-order valence-corrected chi connectivity index (χ3v) is 5.49. The first-order chi connectivity index (χ1) is 13.8. The van der Waals surface area contributed by atoms with Crippen molar-refractivity contribution in [2.24, 2.45) is 5.92 Å². The minimum absolute atomic E-state index is 0.102. The van der Waals surface area contributed by atoms with E-state index in [9.17, 15) is 6.48 Å². The topological polar surface area (TPSA) is 41.9 Å². The number of ether oxygens (including phenoxy) is 2. The molecule has 1 aromatic rings. The highest BCUT2D eigenvalue weighted by Crippen LogP contribution is 2.62. The largest absolute Gasteiger partial charge is 0.493 e. The fraction of sp³-hybridized carbons (Fsp3) is 0.556. The average Bonchev–Trinajstić information content (AvgIpc) is 2.97. The lowest BCUT2D eigenvalue weighted by atomic mass is 9.53. The van der Waals surface area contributed by atoms with Gasteiger partial charge in [0.05, 0.1) is 13.9 Å². The zero-order chi connectivity index (χ0) is 22.0. The molecule has 22 heavy (non-hydrogen) atoms. The lowest BCUT2D eigenvalue weighted by Crippen LogP contribution is -2.64. The lowest BCUT2D eigenvalue weighted by molar-refractivity contribution is -0.0453. The van der Waals surface area contributed by atoms with E-state index in [0.717, 1.165) is 0 Å². The molecular formula is C18H21NO3. The van der Waals surface area contributed by atoms with Crippen LogP contribution in [0.25, 0.3) is 0 Å². The number of benzene rings is 1. The molecule has 0 saturated carbocycles. The highest BCUT2D eigenvalue weighted by Gasteiger charge is 2.64. The number of rotatable bonds is 1. The average molecular weight is 307 g/mol. The Hall–Kier alpha value is -1.52. The molecule has 1 saturated heterocycles. The molecule has 0 aromatic heterocycles. The van der Waals surface area contributed by atoms with Crippen LogP contribution >= 0.6 is 0 Å². The third kappa shape index (κ3) is 1.28. The van der Waals surface area contributed by atoms with Gasteiger partial charge >= 0.3 is 0 Å². The van der Waals surface area contributed by atoms with Gasteiger partial charge in [0, 0.05) is 27.0 Å². The summed E-state index contributed by atoms with van der Waals surface area (Å²) in [6, 6.07) is -2.92. The van der Waals surface area contributed by atoms with E-state index in [1.54, 1.807) is 18.0 Å². The Morgan fingerprint density at radius 1 is 1.59 bits per heavy atom. The Balaban J connectivity index is 1.93. The monoisotopic (exact) mass is 307 g/mol. The molecule has 2 aliphatic carbocycles. The van der Waals surface area contributed by atoms with Crippen molar-refractivity contribution in [1.82, 2.24) is 4.90 Å². The van der Waals surface area contributed by atoms with Gasteiger partial charge in [-0.05, 0) is 38.0 Å². The second kappa shape index (κ2) is 4.06. The summed E-state index contributed by atoms with van der Waals surface area (Å²) < 4.78 is 77.4. The van der Waals surface area contributed by atoms with Crippen LogP contribution in [0, 0.1) is 5.92 Å². The minimum Gasteiger partial charge on any atom is -0.493 e.